The molecular formula is C20H23N5O4S. The SMILES string of the molecule is Cc1ccc(S(=O)(=O)n2ccc3c(N(C)N4CCC(C(=O)O)CC4)ncnc32)cc1. The van der Waals surface area contributed by atoms with Crippen molar-refractivity contribution in [2.75, 3.05) is 25.1 Å². The molecule has 1 fully saturated rings. The van der Waals surface area contributed by atoms with E-state index in [1.807, 2.05) is 24.0 Å². The minimum absolute atomic E-state index is 0.190. The Balaban J connectivity index is 1.67. The fourth-order valence-corrected chi connectivity index (χ4v) is 5.04. The summed E-state index contributed by atoms with van der Waals surface area (Å²) in [5.74, 6) is -0.521. The number of anilines is 1. The Hall–Kier alpha value is -2.98. The molecule has 0 aliphatic carbocycles. The van der Waals surface area contributed by atoms with Gasteiger partial charge in [-0.2, -0.15) is 0 Å². The van der Waals surface area contributed by atoms with Crippen LogP contribution in [0.25, 0.3) is 11.0 Å². The van der Waals surface area contributed by atoms with E-state index in [4.69, 9.17) is 0 Å². The number of piperidine rings is 1. The molecule has 0 atom stereocenters. The number of hydrazine groups is 1. The number of carboxylic acid groups (broad SMARTS) is 1. The van der Waals surface area contributed by atoms with Crippen LogP contribution in [0.1, 0.15) is 18.4 Å². The third kappa shape index (κ3) is 3.52. The lowest BCUT2D eigenvalue weighted by molar-refractivity contribution is -0.143. The summed E-state index contributed by atoms with van der Waals surface area (Å²) in [6, 6.07) is 8.37. The first kappa shape index (κ1) is 20.3. The first-order valence-corrected chi connectivity index (χ1v) is 11.1. The van der Waals surface area contributed by atoms with Crippen LogP contribution in [0.2, 0.25) is 0 Å². The largest absolute Gasteiger partial charge is 0.481 e. The monoisotopic (exact) mass is 429 g/mol. The maximum atomic E-state index is 13.1. The molecule has 4 rings (SSSR count). The third-order valence-electron chi connectivity index (χ3n) is 5.56. The van der Waals surface area contributed by atoms with Crippen LogP contribution in [-0.4, -0.2) is 58.6 Å². The lowest BCUT2D eigenvalue weighted by atomic mass is 9.98. The highest BCUT2D eigenvalue weighted by molar-refractivity contribution is 7.90. The van der Waals surface area contributed by atoms with Crippen LogP contribution in [0, 0.1) is 12.8 Å². The lowest BCUT2D eigenvalue weighted by Gasteiger charge is -2.37. The molecule has 0 spiro atoms. The number of benzene rings is 1. The van der Waals surface area contributed by atoms with Gasteiger partial charge in [0.25, 0.3) is 10.0 Å². The minimum Gasteiger partial charge on any atom is -0.481 e. The first-order valence-electron chi connectivity index (χ1n) is 9.65. The quantitative estimate of drug-likeness (QED) is 0.657. The van der Waals surface area contributed by atoms with E-state index in [-0.39, 0.29) is 10.8 Å². The van der Waals surface area contributed by atoms with Gasteiger partial charge in [-0.1, -0.05) is 17.7 Å². The minimum atomic E-state index is -3.79. The maximum absolute atomic E-state index is 13.1. The number of aliphatic carboxylic acids is 1. The molecule has 0 bridgehead atoms. The zero-order valence-electron chi connectivity index (χ0n) is 16.8. The van der Waals surface area contributed by atoms with Crippen molar-refractivity contribution in [1.82, 2.24) is 18.9 Å². The summed E-state index contributed by atoms with van der Waals surface area (Å²) < 4.78 is 27.4. The van der Waals surface area contributed by atoms with Gasteiger partial charge in [0, 0.05) is 26.3 Å². The fourth-order valence-electron chi connectivity index (χ4n) is 3.74. The van der Waals surface area contributed by atoms with Crippen molar-refractivity contribution in [1.29, 1.82) is 0 Å². The molecule has 1 aliphatic rings. The predicted octanol–water partition coefficient (Wildman–Crippen LogP) is 2.12. The molecule has 0 radical (unpaired) electrons. The molecule has 1 saturated heterocycles. The van der Waals surface area contributed by atoms with Gasteiger partial charge in [-0.25, -0.2) is 27.4 Å². The van der Waals surface area contributed by atoms with E-state index in [1.54, 1.807) is 30.3 Å². The molecule has 10 heteroatoms. The molecular weight excluding hydrogens is 406 g/mol. The Bertz CT molecular complexity index is 1180. The fraction of sp³-hybridized carbons (Fsp3) is 0.350. The van der Waals surface area contributed by atoms with Crippen molar-refractivity contribution < 1.29 is 18.3 Å². The van der Waals surface area contributed by atoms with E-state index in [0.29, 0.717) is 42.8 Å². The van der Waals surface area contributed by atoms with Gasteiger partial charge in [0.05, 0.1) is 16.2 Å². The van der Waals surface area contributed by atoms with Gasteiger partial charge >= 0.3 is 5.97 Å². The van der Waals surface area contributed by atoms with Crippen molar-refractivity contribution in [3.8, 4) is 0 Å². The van der Waals surface area contributed by atoms with E-state index in [0.717, 1.165) is 5.56 Å². The highest BCUT2D eigenvalue weighted by Gasteiger charge is 2.28. The van der Waals surface area contributed by atoms with Crippen LogP contribution in [0.15, 0.2) is 47.8 Å². The second-order valence-electron chi connectivity index (χ2n) is 7.45. The molecule has 2 aromatic heterocycles. The average Bonchev–Trinajstić information content (AvgIpc) is 3.19. The molecule has 9 nitrogen and oxygen atoms in total. The van der Waals surface area contributed by atoms with E-state index < -0.39 is 16.0 Å². The molecule has 158 valence electrons. The van der Waals surface area contributed by atoms with E-state index >= 15 is 0 Å². The molecule has 0 unspecified atom stereocenters. The number of hydrogen-bond donors (Lipinski definition) is 1. The van der Waals surface area contributed by atoms with Crippen LogP contribution >= 0.6 is 0 Å². The first-order chi connectivity index (χ1) is 14.3. The van der Waals surface area contributed by atoms with Crippen LogP contribution in [-0.2, 0) is 14.8 Å². The summed E-state index contributed by atoms with van der Waals surface area (Å²) >= 11 is 0. The van der Waals surface area contributed by atoms with Crippen LogP contribution in [0.5, 0.6) is 0 Å². The predicted molar refractivity (Wildman–Crippen MR) is 112 cm³/mol. The van der Waals surface area contributed by atoms with Crippen molar-refractivity contribution in [2.45, 2.75) is 24.7 Å². The highest BCUT2D eigenvalue weighted by atomic mass is 32.2. The van der Waals surface area contributed by atoms with Gasteiger partial charge in [0.1, 0.15) is 6.33 Å². The van der Waals surface area contributed by atoms with Crippen molar-refractivity contribution in [2.24, 2.45) is 5.92 Å². The van der Waals surface area contributed by atoms with Gasteiger partial charge in [-0.05, 0) is 38.0 Å². The van der Waals surface area contributed by atoms with Crippen molar-refractivity contribution in [3.63, 3.8) is 0 Å². The van der Waals surface area contributed by atoms with Crippen molar-refractivity contribution >= 4 is 32.8 Å². The number of fused-ring (bicyclic) bond motifs is 1. The summed E-state index contributed by atoms with van der Waals surface area (Å²) in [6.07, 6.45) is 3.94. The van der Waals surface area contributed by atoms with Gasteiger partial charge < -0.3 is 5.11 Å². The summed E-state index contributed by atoms with van der Waals surface area (Å²) in [4.78, 5) is 20.0. The smallest absolute Gasteiger partial charge is 0.306 e. The molecule has 0 amide bonds. The molecule has 0 saturated carbocycles. The Labute approximate surface area is 174 Å². The maximum Gasteiger partial charge on any atom is 0.306 e. The molecule has 1 N–H and O–H groups in total. The Kier molecular flexibility index (Phi) is 5.20. The van der Waals surface area contributed by atoms with E-state index in [1.165, 1.54) is 16.5 Å². The zero-order valence-corrected chi connectivity index (χ0v) is 17.6. The lowest BCUT2D eigenvalue weighted by Crippen LogP contribution is -2.46. The number of aromatic nitrogens is 3. The van der Waals surface area contributed by atoms with E-state index in [2.05, 4.69) is 9.97 Å². The van der Waals surface area contributed by atoms with Gasteiger partial charge in [0.2, 0.25) is 0 Å². The number of carbonyl (C=O) groups is 1. The molecule has 3 aromatic rings. The number of nitrogens with zero attached hydrogens (tertiary/aromatic N) is 5. The molecule has 3 heterocycles. The van der Waals surface area contributed by atoms with Gasteiger partial charge in [0.15, 0.2) is 11.5 Å². The highest BCUT2D eigenvalue weighted by Crippen LogP contribution is 2.28. The molecule has 30 heavy (non-hydrogen) atoms. The number of hydrogen-bond acceptors (Lipinski definition) is 7. The van der Waals surface area contributed by atoms with Crippen LogP contribution in [0.3, 0.4) is 0 Å². The summed E-state index contributed by atoms with van der Waals surface area (Å²) in [6.45, 7) is 3.07. The number of carboxylic acids is 1. The second kappa shape index (κ2) is 7.69. The van der Waals surface area contributed by atoms with Gasteiger partial charge in [-0.15, -0.1) is 0 Å². The topological polar surface area (TPSA) is 109 Å². The van der Waals surface area contributed by atoms with Crippen LogP contribution < -0.4 is 5.01 Å². The standard InChI is InChI=1S/C20H23N5O4S/c1-14-3-5-16(6-4-14)30(28,29)25-12-9-17-18(21-13-22-19(17)25)23(2)24-10-7-15(8-11-24)20(26)27/h3-6,9,12-13,15H,7-8,10-11H2,1-2H3,(H,26,27). The average molecular weight is 430 g/mol. The number of aryl methyl sites for hydroxylation is 1. The molecule has 1 aromatic carbocycles. The van der Waals surface area contributed by atoms with Crippen LogP contribution in [0.4, 0.5) is 5.82 Å². The summed E-state index contributed by atoms with van der Waals surface area (Å²) in [7, 11) is -1.95. The summed E-state index contributed by atoms with van der Waals surface area (Å²) in [5.41, 5.74) is 1.28. The number of rotatable bonds is 5. The Morgan fingerprint density at radius 3 is 2.43 bits per heavy atom. The van der Waals surface area contributed by atoms with E-state index in [9.17, 15) is 18.3 Å². The zero-order chi connectivity index (χ0) is 21.5. The summed E-state index contributed by atoms with van der Waals surface area (Å²) in [5, 5.41) is 13.7. The van der Waals surface area contributed by atoms with Gasteiger partial charge in [-0.3, -0.25) is 9.80 Å². The Morgan fingerprint density at radius 2 is 1.80 bits per heavy atom. The Morgan fingerprint density at radius 1 is 1.13 bits per heavy atom. The van der Waals surface area contributed by atoms with Crippen molar-refractivity contribution in [3.05, 3.63) is 48.4 Å². The molecule has 1 aliphatic heterocycles. The normalized spacial score (nSPS) is 16.1. The third-order valence-corrected chi connectivity index (χ3v) is 7.24. The second-order valence-corrected chi connectivity index (χ2v) is 9.27.